The first-order valence-corrected chi connectivity index (χ1v) is 6.69. The second-order valence-corrected chi connectivity index (χ2v) is 5.31. The van der Waals surface area contributed by atoms with Gasteiger partial charge in [-0.05, 0) is 31.0 Å². The van der Waals surface area contributed by atoms with Crippen molar-refractivity contribution in [3.63, 3.8) is 0 Å². The molecule has 1 aliphatic carbocycles. The summed E-state index contributed by atoms with van der Waals surface area (Å²) in [5.41, 5.74) is 5.99. The van der Waals surface area contributed by atoms with Gasteiger partial charge in [0.1, 0.15) is 12.4 Å². The highest BCUT2D eigenvalue weighted by molar-refractivity contribution is 6.36. The van der Waals surface area contributed by atoms with Gasteiger partial charge in [0.25, 0.3) is 0 Å². The highest BCUT2D eigenvalue weighted by Crippen LogP contribution is 2.31. The maximum atomic E-state index is 12.2. The van der Waals surface area contributed by atoms with Crippen LogP contribution in [0.1, 0.15) is 12.8 Å². The Labute approximate surface area is 124 Å². The fourth-order valence-electron chi connectivity index (χ4n) is 1.52. The number of anilines is 1. The summed E-state index contributed by atoms with van der Waals surface area (Å²) in [6.07, 6.45) is -2.64. The van der Waals surface area contributed by atoms with Crippen LogP contribution in [-0.2, 0) is 0 Å². The maximum absolute atomic E-state index is 12.2. The van der Waals surface area contributed by atoms with E-state index in [0.29, 0.717) is 21.6 Å². The quantitative estimate of drug-likeness (QED) is 0.492. The summed E-state index contributed by atoms with van der Waals surface area (Å²) in [6, 6.07) is 4.80. The van der Waals surface area contributed by atoms with E-state index in [9.17, 15) is 13.2 Å². The fourth-order valence-corrected chi connectivity index (χ4v) is 1.98. The van der Waals surface area contributed by atoms with Crippen molar-refractivity contribution in [3.8, 4) is 0 Å². The highest BCUT2D eigenvalue weighted by atomic mass is 35.5. The second kappa shape index (κ2) is 6.10. The minimum Gasteiger partial charge on any atom is -0.298 e. The third-order valence-electron chi connectivity index (χ3n) is 2.65. The van der Waals surface area contributed by atoms with Crippen molar-refractivity contribution in [2.45, 2.75) is 19.0 Å². The number of alkyl halides is 3. The maximum Gasteiger partial charge on any atom is 0.408 e. The van der Waals surface area contributed by atoms with Gasteiger partial charge >= 0.3 is 6.18 Å². The lowest BCUT2D eigenvalue weighted by atomic mass is 10.3. The molecule has 0 aliphatic heterocycles. The molecule has 1 saturated carbocycles. The number of hydrogen-bond donors (Lipinski definition) is 2. The zero-order chi connectivity index (χ0) is 14.8. The molecule has 0 heterocycles. The van der Waals surface area contributed by atoms with E-state index in [4.69, 9.17) is 23.2 Å². The number of nitrogens with zero attached hydrogens (tertiary/aromatic N) is 1. The molecule has 1 aliphatic rings. The Kier molecular flexibility index (Phi) is 4.65. The van der Waals surface area contributed by atoms with Gasteiger partial charge in [0, 0.05) is 10.9 Å². The van der Waals surface area contributed by atoms with Crippen LogP contribution in [0, 0.1) is 5.92 Å². The van der Waals surface area contributed by atoms with Gasteiger partial charge in [-0.15, -0.1) is 0 Å². The van der Waals surface area contributed by atoms with Gasteiger partial charge < -0.3 is 0 Å². The van der Waals surface area contributed by atoms with Crippen LogP contribution in [-0.4, -0.2) is 18.6 Å². The Hall–Kier alpha value is -1.14. The Morgan fingerprint density at radius 1 is 1.30 bits per heavy atom. The van der Waals surface area contributed by atoms with Gasteiger partial charge in [-0.1, -0.05) is 23.2 Å². The average molecular weight is 326 g/mol. The summed E-state index contributed by atoms with van der Waals surface area (Å²) in [4.78, 5) is 3.57. The topological polar surface area (TPSA) is 36.4 Å². The zero-order valence-electron chi connectivity index (χ0n) is 10.3. The first-order valence-electron chi connectivity index (χ1n) is 5.93. The van der Waals surface area contributed by atoms with E-state index in [-0.39, 0.29) is 5.92 Å². The second-order valence-electron chi connectivity index (χ2n) is 4.47. The standard InChI is InChI=1S/C12H12Cl2F3N3/c13-8-3-4-10(9(14)5-8)19-20-11(7-1-2-7)18-6-12(15,16)17/h3-5,7,19H,1-2,6H2,(H,18,20). The normalized spacial score (nSPS) is 16.1. The molecule has 0 atom stereocenters. The van der Waals surface area contributed by atoms with Gasteiger partial charge in [0.05, 0.1) is 10.7 Å². The number of nitrogens with one attached hydrogen (secondary N) is 2. The molecular formula is C12H12Cl2F3N3. The lowest BCUT2D eigenvalue weighted by molar-refractivity contribution is -0.118. The minimum atomic E-state index is -4.31. The molecule has 110 valence electrons. The molecule has 1 fully saturated rings. The van der Waals surface area contributed by atoms with Crippen LogP contribution < -0.4 is 10.9 Å². The van der Waals surface area contributed by atoms with E-state index in [1.54, 1.807) is 12.1 Å². The summed E-state index contributed by atoms with van der Waals surface area (Å²) in [5.74, 6) is 0.351. The highest BCUT2D eigenvalue weighted by Gasteiger charge is 2.31. The van der Waals surface area contributed by atoms with Gasteiger partial charge in [0.15, 0.2) is 0 Å². The molecule has 0 radical (unpaired) electrons. The molecule has 1 aromatic carbocycles. The lowest BCUT2D eigenvalue weighted by Crippen LogP contribution is -2.32. The van der Waals surface area contributed by atoms with Gasteiger partial charge in [-0.25, -0.2) is 0 Å². The van der Waals surface area contributed by atoms with E-state index >= 15 is 0 Å². The smallest absolute Gasteiger partial charge is 0.298 e. The molecule has 20 heavy (non-hydrogen) atoms. The molecule has 0 spiro atoms. The molecule has 0 saturated heterocycles. The van der Waals surface area contributed by atoms with Crippen molar-refractivity contribution in [1.82, 2.24) is 5.43 Å². The van der Waals surface area contributed by atoms with Crippen LogP contribution in [0.5, 0.6) is 0 Å². The number of rotatable bonds is 4. The van der Waals surface area contributed by atoms with Crippen molar-refractivity contribution in [2.24, 2.45) is 10.9 Å². The van der Waals surface area contributed by atoms with Gasteiger partial charge in [-0.2, -0.15) is 13.2 Å². The number of halogens is 5. The largest absolute Gasteiger partial charge is 0.408 e. The monoisotopic (exact) mass is 325 g/mol. The summed E-state index contributed by atoms with van der Waals surface area (Å²) in [6.45, 7) is -1.19. The van der Waals surface area contributed by atoms with Crippen molar-refractivity contribution >= 4 is 34.7 Å². The van der Waals surface area contributed by atoms with Crippen molar-refractivity contribution < 1.29 is 13.2 Å². The zero-order valence-corrected chi connectivity index (χ0v) is 11.8. The predicted molar refractivity (Wildman–Crippen MR) is 74.3 cm³/mol. The molecule has 2 rings (SSSR count). The Morgan fingerprint density at radius 2 is 2.00 bits per heavy atom. The number of amidine groups is 1. The molecule has 0 bridgehead atoms. The van der Waals surface area contributed by atoms with Crippen LogP contribution in [0.2, 0.25) is 10.0 Å². The molecule has 0 aromatic heterocycles. The summed E-state index contributed by atoms with van der Waals surface area (Å²) < 4.78 is 36.5. The third kappa shape index (κ3) is 4.76. The van der Waals surface area contributed by atoms with Crippen LogP contribution in [0.4, 0.5) is 18.9 Å². The Balaban J connectivity index is 1.99. The average Bonchev–Trinajstić information content (AvgIpc) is 3.14. The SMILES string of the molecule is FC(F)(F)CN=C(NNc1ccc(Cl)cc1Cl)C1CC1. The van der Waals surface area contributed by atoms with E-state index < -0.39 is 12.7 Å². The molecule has 0 amide bonds. The molecule has 3 nitrogen and oxygen atoms in total. The molecule has 2 N–H and O–H groups in total. The van der Waals surface area contributed by atoms with Gasteiger partial charge in [-0.3, -0.25) is 15.8 Å². The Bertz CT molecular complexity index is 513. The summed E-state index contributed by atoms with van der Waals surface area (Å²) >= 11 is 11.7. The fraction of sp³-hybridized carbons (Fsp3) is 0.417. The number of hydrazine groups is 1. The predicted octanol–water partition coefficient (Wildman–Crippen LogP) is 4.28. The van der Waals surface area contributed by atoms with Crippen molar-refractivity contribution in [3.05, 3.63) is 28.2 Å². The number of hydrogen-bond acceptors (Lipinski definition) is 2. The first-order chi connectivity index (χ1) is 9.35. The van der Waals surface area contributed by atoms with E-state index in [1.807, 2.05) is 0 Å². The van der Waals surface area contributed by atoms with Crippen molar-refractivity contribution in [2.75, 3.05) is 12.0 Å². The number of benzene rings is 1. The first kappa shape index (κ1) is 15.3. The molecular weight excluding hydrogens is 314 g/mol. The van der Waals surface area contributed by atoms with Crippen LogP contribution in [0.3, 0.4) is 0 Å². The summed E-state index contributed by atoms with van der Waals surface area (Å²) in [7, 11) is 0. The van der Waals surface area contributed by atoms with Crippen LogP contribution in [0.25, 0.3) is 0 Å². The Morgan fingerprint density at radius 3 is 2.55 bits per heavy atom. The van der Waals surface area contributed by atoms with Crippen molar-refractivity contribution in [1.29, 1.82) is 0 Å². The van der Waals surface area contributed by atoms with E-state index in [2.05, 4.69) is 15.8 Å². The molecule has 1 aromatic rings. The third-order valence-corrected chi connectivity index (χ3v) is 3.20. The van der Waals surface area contributed by atoms with Crippen LogP contribution >= 0.6 is 23.2 Å². The summed E-state index contributed by atoms with van der Waals surface area (Å²) in [5, 5.41) is 0.852. The van der Waals surface area contributed by atoms with Gasteiger partial charge in [0.2, 0.25) is 0 Å². The number of aliphatic imine (C=N–C) groups is 1. The molecule has 0 unspecified atom stereocenters. The van der Waals surface area contributed by atoms with E-state index in [0.717, 1.165) is 12.8 Å². The minimum absolute atomic E-state index is 0.0518. The lowest BCUT2D eigenvalue weighted by Gasteiger charge is -2.13. The molecule has 8 heteroatoms. The van der Waals surface area contributed by atoms with E-state index in [1.165, 1.54) is 6.07 Å². The van der Waals surface area contributed by atoms with Crippen LogP contribution in [0.15, 0.2) is 23.2 Å².